The van der Waals surface area contributed by atoms with Crippen LogP contribution >= 0.6 is 0 Å². The molecule has 1 aliphatic carbocycles. The van der Waals surface area contributed by atoms with E-state index in [0.717, 1.165) is 18.7 Å². The van der Waals surface area contributed by atoms with Crippen molar-refractivity contribution in [1.29, 1.82) is 0 Å². The fraction of sp³-hybridized carbons (Fsp3) is 0.625. The second-order valence-corrected chi connectivity index (χ2v) is 5.81. The molecule has 19 heavy (non-hydrogen) atoms. The first-order valence-corrected chi connectivity index (χ1v) is 7.27. The summed E-state index contributed by atoms with van der Waals surface area (Å²) in [6, 6.07) is 7.25. The van der Waals surface area contributed by atoms with Crippen molar-refractivity contribution in [2.75, 3.05) is 7.11 Å². The molecule has 3 nitrogen and oxygen atoms in total. The highest BCUT2D eigenvalue weighted by Crippen LogP contribution is 2.27. The largest absolute Gasteiger partial charge is 0.496 e. The van der Waals surface area contributed by atoms with E-state index in [9.17, 15) is 0 Å². The third-order valence-electron chi connectivity index (χ3n) is 4.05. The molecule has 0 amide bonds. The second kappa shape index (κ2) is 6.40. The molecular weight excluding hydrogens is 236 g/mol. The Bertz CT molecular complexity index is 417. The van der Waals surface area contributed by atoms with Gasteiger partial charge in [0.1, 0.15) is 5.75 Å². The minimum atomic E-state index is 0.322. The third-order valence-corrected chi connectivity index (χ3v) is 4.05. The smallest absolute Gasteiger partial charge is 0.122 e. The molecule has 0 bridgehead atoms. The predicted octanol–water partition coefficient (Wildman–Crippen LogP) is 2.79. The molecule has 1 aromatic rings. The maximum atomic E-state index is 6.08. The fourth-order valence-electron chi connectivity index (χ4n) is 2.84. The quantitative estimate of drug-likeness (QED) is 0.858. The summed E-state index contributed by atoms with van der Waals surface area (Å²) in [5.41, 5.74) is 8.67. The lowest BCUT2D eigenvalue weighted by Crippen LogP contribution is -2.40. The Morgan fingerprint density at radius 3 is 2.74 bits per heavy atom. The zero-order valence-electron chi connectivity index (χ0n) is 12.3. The number of benzene rings is 1. The molecule has 3 heteroatoms. The lowest BCUT2D eigenvalue weighted by Gasteiger charge is -2.18. The number of methoxy groups -OCH3 is 1. The fourth-order valence-corrected chi connectivity index (χ4v) is 2.84. The number of nitrogens with two attached hydrogens (primary N) is 1. The molecular formula is C16H26N2O. The highest BCUT2D eigenvalue weighted by atomic mass is 16.5. The van der Waals surface area contributed by atoms with E-state index in [1.165, 1.54) is 24.0 Å². The molecule has 2 rings (SSSR count). The molecule has 1 aromatic carbocycles. The van der Waals surface area contributed by atoms with Gasteiger partial charge in [-0.3, -0.25) is 0 Å². The van der Waals surface area contributed by atoms with Crippen molar-refractivity contribution in [1.82, 2.24) is 5.32 Å². The number of hydrogen-bond donors (Lipinski definition) is 2. The Labute approximate surface area is 116 Å². The van der Waals surface area contributed by atoms with Crippen molar-refractivity contribution in [2.45, 2.75) is 57.7 Å². The van der Waals surface area contributed by atoms with Crippen LogP contribution in [0.2, 0.25) is 0 Å². The number of hydrogen-bond acceptors (Lipinski definition) is 3. The monoisotopic (exact) mass is 262 g/mol. The lowest BCUT2D eigenvalue weighted by molar-refractivity contribution is 0.407. The Hall–Kier alpha value is -1.06. The first-order valence-electron chi connectivity index (χ1n) is 7.27. The van der Waals surface area contributed by atoms with Crippen molar-refractivity contribution in [3.63, 3.8) is 0 Å². The summed E-state index contributed by atoms with van der Waals surface area (Å²) in [6.45, 7) is 5.28. The third kappa shape index (κ3) is 3.48. The maximum Gasteiger partial charge on any atom is 0.122 e. The molecule has 0 radical (unpaired) electrons. The van der Waals surface area contributed by atoms with Crippen LogP contribution in [0.4, 0.5) is 0 Å². The maximum absolute atomic E-state index is 6.08. The van der Waals surface area contributed by atoms with Crippen LogP contribution in [0.3, 0.4) is 0 Å². The summed E-state index contributed by atoms with van der Waals surface area (Å²) >= 11 is 0. The Morgan fingerprint density at radius 2 is 2.16 bits per heavy atom. The summed E-state index contributed by atoms with van der Waals surface area (Å²) in [4.78, 5) is 0. The van der Waals surface area contributed by atoms with Crippen LogP contribution in [0.5, 0.6) is 5.75 Å². The van der Waals surface area contributed by atoms with Crippen molar-refractivity contribution in [3.05, 3.63) is 29.3 Å². The van der Waals surface area contributed by atoms with E-state index < -0.39 is 0 Å². The van der Waals surface area contributed by atoms with Crippen LogP contribution in [-0.4, -0.2) is 19.2 Å². The second-order valence-electron chi connectivity index (χ2n) is 5.81. The average Bonchev–Trinajstić information content (AvgIpc) is 2.81. The zero-order valence-corrected chi connectivity index (χ0v) is 12.3. The van der Waals surface area contributed by atoms with Gasteiger partial charge in [0.15, 0.2) is 0 Å². The van der Waals surface area contributed by atoms with E-state index in [4.69, 9.17) is 10.5 Å². The molecule has 1 aliphatic rings. The molecule has 1 saturated carbocycles. The summed E-state index contributed by atoms with van der Waals surface area (Å²) in [6.07, 6.45) is 3.60. The van der Waals surface area contributed by atoms with Crippen LogP contribution in [0.15, 0.2) is 18.2 Å². The van der Waals surface area contributed by atoms with E-state index in [2.05, 4.69) is 37.4 Å². The summed E-state index contributed by atoms with van der Waals surface area (Å²) in [7, 11) is 1.73. The summed E-state index contributed by atoms with van der Waals surface area (Å²) in [5, 5.41) is 3.59. The highest BCUT2D eigenvalue weighted by Gasteiger charge is 2.23. The van der Waals surface area contributed by atoms with Gasteiger partial charge in [0.25, 0.3) is 0 Å². The first-order chi connectivity index (χ1) is 9.11. The lowest BCUT2D eigenvalue weighted by atomic mass is 9.99. The van der Waals surface area contributed by atoms with E-state index >= 15 is 0 Å². The molecule has 2 unspecified atom stereocenters. The predicted molar refractivity (Wildman–Crippen MR) is 79.5 cm³/mol. The number of nitrogens with one attached hydrogen (secondary N) is 1. The minimum Gasteiger partial charge on any atom is -0.496 e. The number of rotatable bonds is 5. The highest BCUT2D eigenvalue weighted by molar-refractivity contribution is 5.39. The van der Waals surface area contributed by atoms with Gasteiger partial charge in [0.05, 0.1) is 7.11 Å². The standard InChI is InChI=1S/C16H26N2O/c1-11(2)13-9-12(7-8-16(13)19-3)10-18-15-6-4-5-14(15)17/h7-9,11,14-15,18H,4-6,10,17H2,1-3H3. The molecule has 2 atom stereocenters. The van der Waals surface area contributed by atoms with Gasteiger partial charge in [-0.25, -0.2) is 0 Å². The molecule has 0 saturated heterocycles. The van der Waals surface area contributed by atoms with Crippen LogP contribution in [-0.2, 0) is 6.54 Å². The van der Waals surface area contributed by atoms with Crippen molar-refractivity contribution >= 4 is 0 Å². The Balaban J connectivity index is 2.02. The molecule has 0 heterocycles. The molecule has 3 N–H and O–H groups in total. The summed E-state index contributed by atoms with van der Waals surface area (Å²) in [5.74, 6) is 1.46. The molecule has 0 spiro atoms. The van der Waals surface area contributed by atoms with Gasteiger partial charge < -0.3 is 15.8 Å². The number of ether oxygens (including phenoxy) is 1. The van der Waals surface area contributed by atoms with E-state index in [0.29, 0.717) is 18.0 Å². The van der Waals surface area contributed by atoms with Gasteiger partial charge in [-0.05, 0) is 36.0 Å². The Morgan fingerprint density at radius 1 is 1.37 bits per heavy atom. The van der Waals surface area contributed by atoms with Gasteiger partial charge in [0, 0.05) is 18.6 Å². The van der Waals surface area contributed by atoms with Gasteiger partial charge in [-0.1, -0.05) is 32.4 Å². The Kier molecular flexibility index (Phi) is 4.83. The van der Waals surface area contributed by atoms with Crippen LogP contribution in [0, 0.1) is 0 Å². The molecule has 106 valence electrons. The van der Waals surface area contributed by atoms with E-state index in [-0.39, 0.29) is 0 Å². The topological polar surface area (TPSA) is 47.3 Å². The van der Waals surface area contributed by atoms with E-state index in [1.54, 1.807) is 7.11 Å². The minimum absolute atomic E-state index is 0.322. The summed E-state index contributed by atoms with van der Waals surface area (Å²) < 4.78 is 5.42. The van der Waals surface area contributed by atoms with Crippen LogP contribution < -0.4 is 15.8 Å². The van der Waals surface area contributed by atoms with Gasteiger partial charge >= 0.3 is 0 Å². The van der Waals surface area contributed by atoms with Crippen LogP contribution in [0.25, 0.3) is 0 Å². The molecule has 0 aliphatic heterocycles. The van der Waals surface area contributed by atoms with Gasteiger partial charge in [-0.2, -0.15) is 0 Å². The molecule has 0 aromatic heterocycles. The molecule has 1 fully saturated rings. The van der Waals surface area contributed by atoms with Crippen molar-refractivity contribution in [3.8, 4) is 5.75 Å². The van der Waals surface area contributed by atoms with Crippen molar-refractivity contribution in [2.24, 2.45) is 5.73 Å². The zero-order chi connectivity index (χ0) is 13.8. The van der Waals surface area contributed by atoms with Crippen molar-refractivity contribution < 1.29 is 4.74 Å². The SMILES string of the molecule is COc1ccc(CNC2CCCC2N)cc1C(C)C. The first kappa shape index (κ1) is 14.4. The van der Waals surface area contributed by atoms with Gasteiger partial charge in [-0.15, -0.1) is 0 Å². The van der Waals surface area contributed by atoms with Crippen LogP contribution in [0.1, 0.15) is 50.2 Å². The van der Waals surface area contributed by atoms with Gasteiger partial charge in [0.2, 0.25) is 0 Å². The average molecular weight is 262 g/mol. The van der Waals surface area contributed by atoms with E-state index in [1.807, 2.05) is 0 Å². The normalized spacial score (nSPS) is 23.0.